The molecule has 96 valence electrons. The second-order valence-corrected chi connectivity index (χ2v) is 5.43. The average molecular weight is 280 g/mol. The van der Waals surface area contributed by atoms with Crippen LogP contribution in [0.1, 0.15) is 6.92 Å². The van der Waals surface area contributed by atoms with Gasteiger partial charge in [-0.05, 0) is 31.2 Å². The highest BCUT2D eigenvalue weighted by Gasteiger charge is 2.02. The quantitative estimate of drug-likeness (QED) is 0.790. The van der Waals surface area contributed by atoms with Gasteiger partial charge in [-0.15, -0.1) is 11.3 Å². The highest BCUT2D eigenvalue weighted by molar-refractivity contribution is 8.02. The van der Waals surface area contributed by atoms with Gasteiger partial charge in [-0.3, -0.25) is 4.72 Å². The Bertz CT molecular complexity index is 455. The molecule has 0 spiro atoms. The molecular weight excluding hydrogens is 264 g/mol. The van der Waals surface area contributed by atoms with E-state index in [1.807, 2.05) is 12.4 Å². The van der Waals surface area contributed by atoms with Gasteiger partial charge in [0.15, 0.2) is 5.13 Å². The summed E-state index contributed by atoms with van der Waals surface area (Å²) in [5, 5.41) is 6.14. The molecule has 2 rings (SSSR count). The summed E-state index contributed by atoms with van der Waals surface area (Å²) in [4.78, 5) is 4.17. The smallest absolute Gasteiger partial charge is 0.194 e. The summed E-state index contributed by atoms with van der Waals surface area (Å²) in [6, 6.07) is 8.35. The molecule has 0 bridgehead atoms. The van der Waals surface area contributed by atoms with Crippen molar-refractivity contribution in [3.8, 4) is 0 Å². The van der Waals surface area contributed by atoms with Gasteiger partial charge in [0.2, 0.25) is 0 Å². The Balaban J connectivity index is 1.89. The van der Waals surface area contributed by atoms with E-state index >= 15 is 0 Å². The summed E-state index contributed by atoms with van der Waals surface area (Å²) in [5.41, 5.74) is 2.29. The number of rotatable bonds is 6. The predicted molar refractivity (Wildman–Crippen MR) is 82.3 cm³/mol. The zero-order valence-corrected chi connectivity index (χ0v) is 12.0. The number of nitrogens with one attached hydrogen (secondary N) is 2. The van der Waals surface area contributed by atoms with Gasteiger partial charge in [-0.2, -0.15) is 0 Å². The van der Waals surface area contributed by atoms with Crippen molar-refractivity contribution in [2.75, 3.05) is 27.9 Å². The minimum Gasteiger partial charge on any atom is -0.385 e. The Morgan fingerprint density at radius 1 is 1.33 bits per heavy atom. The van der Waals surface area contributed by atoms with E-state index < -0.39 is 0 Å². The van der Waals surface area contributed by atoms with Crippen LogP contribution >= 0.6 is 23.5 Å². The number of benzene rings is 1. The molecular formula is C12H16N4S2. The van der Waals surface area contributed by atoms with Crippen molar-refractivity contribution in [2.45, 2.75) is 6.92 Å². The molecule has 1 heterocycles. The monoisotopic (exact) mass is 280 g/mol. The lowest BCUT2D eigenvalue weighted by atomic mass is 10.3. The Morgan fingerprint density at radius 3 is 2.72 bits per heavy atom. The van der Waals surface area contributed by atoms with Crippen LogP contribution in [0, 0.1) is 0 Å². The summed E-state index contributed by atoms with van der Waals surface area (Å²) >= 11 is 3.11. The average Bonchev–Trinajstić information content (AvgIpc) is 2.90. The highest BCUT2D eigenvalue weighted by Crippen LogP contribution is 2.24. The van der Waals surface area contributed by atoms with Crippen molar-refractivity contribution in [2.24, 2.45) is 0 Å². The first-order valence-corrected chi connectivity index (χ1v) is 7.35. The van der Waals surface area contributed by atoms with Crippen LogP contribution in [-0.4, -0.2) is 18.6 Å². The van der Waals surface area contributed by atoms with Gasteiger partial charge in [0.25, 0.3) is 0 Å². The fraction of sp³-hybridized carbons (Fsp3) is 0.250. The van der Waals surface area contributed by atoms with Crippen LogP contribution in [0.3, 0.4) is 0 Å². The number of aromatic nitrogens is 1. The maximum atomic E-state index is 4.17. The number of thiazole rings is 1. The molecule has 0 atom stereocenters. The van der Waals surface area contributed by atoms with Crippen LogP contribution in [0.2, 0.25) is 0 Å². The second kappa shape index (κ2) is 6.51. The van der Waals surface area contributed by atoms with Gasteiger partial charge < -0.3 is 9.62 Å². The van der Waals surface area contributed by atoms with Gasteiger partial charge in [0, 0.05) is 36.5 Å². The SMILES string of the molecule is CCNc1ccc(N(C)SNc2nccs2)cc1. The van der Waals surface area contributed by atoms with Gasteiger partial charge in [0.05, 0.1) is 12.1 Å². The number of hydrogen-bond donors (Lipinski definition) is 2. The lowest BCUT2D eigenvalue weighted by Gasteiger charge is -2.17. The van der Waals surface area contributed by atoms with Crippen molar-refractivity contribution in [1.29, 1.82) is 0 Å². The van der Waals surface area contributed by atoms with E-state index in [1.165, 1.54) is 12.1 Å². The van der Waals surface area contributed by atoms with Crippen molar-refractivity contribution in [1.82, 2.24) is 4.98 Å². The molecule has 0 saturated carbocycles. The second-order valence-electron chi connectivity index (χ2n) is 3.61. The van der Waals surface area contributed by atoms with Crippen LogP contribution in [-0.2, 0) is 0 Å². The van der Waals surface area contributed by atoms with Crippen LogP contribution < -0.4 is 14.3 Å². The zero-order valence-electron chi connectivity index (χ0n) is 10.4. The van der Waals surface area contributed by atoms with Gasteiger partial charge in [-0.25, -0.2) is 4.98 Å². The topological polar surface area (TPSA) is 40.2 Å². The first-order valence-electron chi connectivity index (χ1n) is 5.69. The van der Waals surface area contributed by atoms with E-state index in [0.717, 1.165) is 23.1 Å². The van der Waals surface area contributed by atoms with Gasteiger partial charge in [-0.1, -0.05) is 0 Å². The van der Waals surface area contributed by atoms with E-state index in [1.54, 1.807) is 17.5 Å². The number of nitrogens with zero attached hydrogens (tertiary/aromatic N) is 2. The lowest BCUT2D eigenvalue weighted by Crippen LogP contribution is -2.09. The van der Waals surface area contributed by atoms with E-state index in [2.05, 4.69) is 50.5 Å². The Kier molecular flexibility index (Phi) is 4.72. The molecule has 18 heavy (non-hydrogen) atoms. The molecule has 2 aromatic rings. The fourth-order valence-electron chi connectivity index (χ4n) is 1.43. The molecule has 0 unspecified atom stereocenters. The zero-order chi connectivity index (χ0) is 12.8. The molecule has 2 N–H and O–H groups in total. The molecule has 4 nitrogen and oxygen atoms in total. The summed E-state index contributed by atoms with van der Waals surface area (Å²) in [7, 11) is 2.02. The Labute approximate surface area is 116 Å². The van der Waals surface area contributed by atoms with Crippen molar-refractivity contribution in [3.05, 3.63) is 35.8 Å². The van der Waals surface area contributed by atoms with Gasteiger partial charge >= 0.3 is 0 Å². The largest absolute Gasteiger partial charge is 0.385 e. The highest BCUT2D eigenvalue weighted by atomic mass is 32.2. The molecule has 0 aliphatic rings. The summed E-state index contributed by atoms with van der Waals surface area (Å²) in [6.07, 6.45) is 1.79. The molecule has 0 aliphatic heterocycles. The maximum Gasteiger partial charge on any atom is 0.194 e. The Morgan fingerprint density at radius 2 is 2.11 bits per heavy atom. The molecule has 1 aromatic carbocycles. The normalized spacial score (nSPS) is 10.1. The minimum absolute atomic E-state index is 0.913. The Hall–Kier alpha value is -1.40. The van der Waals surface area contributed by atoms with Crippen LogP contribution in [0.15, 0.2) is 35.8 Å². The fourth-order valence-corrected chi connectivity index (χ4v) is 2.60. The first kappa shape index (κ1) is 13.0. The van der Waals surface area contributed by atoms with Crippen LogP contribution in [0.4, 0.5) is 16.5 Å². The molecule has 6 heteroatoms. The third kappa shape index (κ3) is 3.54. The first-order chi connectivity index (χ1) is 8.79. The lowest BCUT2D eigenvalue weighted by molar-refractivity contribution is 1.21. The van der Waals surface area contributed by atoms with E-state index in [4.69, 9.17) is 0 Å². The summed E-state index contributed by atoms with van der Waals surface area (Å²) < 4.78 is 5.26. The molecule has 0 saturated heterocycles. The van der Waals surface area contributed by atoms with E-state index in [0.29, 0.717) is 0 Å². The number of hydrogen-bond acceptors (Lipinski definition) is 6. The van der Waals surface area contributed by atoms with Crippen molar-refractivity contribution < 1.29 is 0 Å². The third-order valence-electron chi connectivity index (χ3n) is 2.31. The van der Waals surface area contributed by atoms with Crippen LogP contribution in [0.25, 0.3) is 0 Å². The molecule has 0 radical (unpaired) electrons. The predicted octanol–water partition coefficient (Wildman–Crippen LogP) is 3.69. The third-order valence-corrected chi connectivity index (χ3v) is 3.90. The van der Waals surface area contributed by atoms with Crippen molar-refractivity contribution >= 4 is 40.0 Å². The molecule has 0 amide bonds. The van der Waals surface area contributed by atoms with Crippen molar-refractivity contribution in [3.63, 3.8) is 0 Å². The van der Waals surface area contributed by atoms with E-state index in [9.17, 15) is 0 Å². The maximum absolute atomic E-state index is 4.17. The van der Waals surface area contributed by atoms with Crippen LogP contribution in [0.5, 0.6) is 0 Å². The molecule has 0 aliphatic carbocycles. The summed E-state index contributed by atoms with van der Waals surface area (Å²) in [5.74, 6) is 0. The van der Waals surface area contributed by atoms with Gasteiger partial charge in [0.1, 0.15) is 0 Å². The standard InChI is InChI=1S/C12H16N4S2/c1-3-13-10-4-6-11(7-5-10)16(2)18-15-12-14-8-9-17-12/h4-9,13H,3H2,1-2H3,(H,14,15). The molecule has 1 aromatic heterocycles. The van der Waals surface area contributed by atoms with E-state index in [-0.39, 0.29) is 0 Å². The summed E-state index contributed by atoms with van der Waals surface area (Å²) in [6.45, 7) is 3.03. The number of anilines is 3. The molecule has 0 fully saturated rings. The minimum atomic E-state index is 0.913.